The smallest absolute Gasteiger partial charge is 0.330 e. The highest BCUT2D eigenvalue weighted by atomic mass is 16.5. The summed E-state index contributed by atoms with van der Waals surface area (Å²) in [6.45, 7) is 2.12. The van der Waals surface area contributed by atoms with Crippen LogP contribution >= 0.6 is 0 Å². The van der Waals surface area contributed by atoms with Crippen LogP contribution in [0.2, 0.25) is 0 Å². The maximum Gasteiger partial charge on any atom is 0.330 e. The minimum atomic E-state index is -0.383. The van der Waals surface area contributed by atoms with Gasteiger partial charge in [0.1, 0.15) is 0 Å². The SMILES string of the molecule is C#Cc1c(C=CC(=O)OCC)cc(-c2ccccc2)cc1-c1ccccc1. The quantitative estimate of drug-likeness (QED) is 0.340. The summed E-state index contributed by atoms with van der Waals surface area (Å²) in [5, 5.41) is 0. The number of hydrogen-bond donors (Lipinski definition) is 0. The van der Waals surface area contributed by atoms with E-state index in [0.717, 1.165) is 33.4 Å². The molecule has 0 spiro atoms. The topological polar surface area (TPSA) is 26.3 Å². The predicted molar refractivity (Wildman–Crippen MR) is 111 cm³/mol. The Morgan fingerprint density at radius 3 is 2.19 bits per heavy atom. The average molecular weight is 352 g/mol. The Morgan fingerprint density at radius 2 is 1.59 bits per heavy atom. The molecule has 0 bridgehead atoms. The molecule has 0 aliphatic heterocycles. The lowest BCUT2D eigenvalue weighted by Crippen LogP contribution is -1.99. The average Bonchev–Trinajstić information content (AvgIpc) is 2.73. The van der Waals surface area contributed by atoms with Crippen LogP contribution in [0, 0.1) is 12.3 Å². The molecule has 3 rings (SSSR count). The van der Waals surface area contributed by atoms with Crippen LogP contribution in [0.15, 0.2) is 78.9 Å². The van der Waals surface area contributed by atoms with Crippen molar-refractivity contribution in [3.63, 3.8) is 0 Å². The predicted octanol–water partition coefficient (Wildman–Crippen LogP) is 5.58. The minimum absolute atomic E-state index is 0.338. The molecule has 0 aromatic heterocycles. The molecule has 0 aliphatic carbocycles. The van der Waals surface area contributed by atoms with Gasteiger partial charge in [-0.1, -0.05) is 66.6 Å². The fraction of sp³-hybridized carbons (Fsp3) is 0.0800. The molecular formula is C25H20O2. The second-order valence-electron chi connectivity index (χ2n) is 5.95. The first-order chi connectivity index (χ1) is 13.2. The van der Waals surface area contributed by atoms with Crippen molar-refractivity contribution >= 4 is 12.0 Å². The zero-order valence-electron chi connectivity index (χ0n) is 15.2. The maximum atomic E-state index is 11.8. The van der Waals surface area contributed by atoms with Gasteiger partial charge in [-0.15, -0.1) is 6.42 Å². The van der Waals surface area contributed by atoms with Gasteiger partial charge in [-0.05, 0) is 52.9 Å². The third kappa shape index (κ3) is 4.34. The summed E-state index contributed by atoms with van der Waals surface area (Å²) in [5.41, 5.74) is 5.69. The van der Waals surface area contributed by atoms with E-state index in [-0.39, 0.29) is 5.97 Å². The summed E-state index contributed by atoms with van der Waals surface area (Å²) in [6, 6.07) is 24.2. The molecule has 0 N–H and O–H groups in total. The van der Waals surface area contributed by atoms with Crippen LogP contribution in [-0.2, 0) is 9.53 Å². The van der Waals surface area contributed by atoms with Crippen LogP contribution in [-0.4, -0.2) is 12.6 Å². The first-order valence-electron chi connectivity index (χ1n) is 8.83. The van der Waals surface area contributed by atoms with E-state index in [1.54, 1.807) is 13.0 Å². The van der Waals surface area contributed by atoms with Crippen molar-refractivity contribution in [2.45, 2.75) is 6.92 Å². The van der Waals surface area contributed by atoms with Crippen LogP contribution in [0.4, 0.5) is 0 Å². The summed E-state index contributed by atoms with van der Waals surface area (Å²) in [4.78, 5) is 11.8. The Kier molecular flexibility index (Phi) is 5.87. The van der Waals surface area contributed by atoms with Gasteiger partial charge in [0.15, 0.2) is 0 Å². The standard InChI is InChI=1S/C25H20O2/c1-3-23-21(15-16-25(26)27-4-2)17-22(19-11-7-5-8-12-19)18-24(23)20-13-9-6-10-14-20/h1,5-18H,4H2,2H3. The Hall–Kier alpha value is -3.57. The molecule has 2 heteroatoms. The first-order valence-corrected chi connectivity index (χ1v) is 8.83. The van der Waals surface area contributed by atoms with Crippen LogP contribution in [0.25, 0.3) is 28.3 Å². The molecule has 0 atom stereocenters. The van der Waals surface area contributed by atoms with Crippen molar-refractivity contribution < 1.29 is 9.53 Å². The maximum absolute atomic E-state index is 11.8. The van der Waals surface area contributed by atoms with Crippen molar-refractivity contribution in [3.8, 4) is 34.6 Å². The van der Waals surface area contributed by atoms with Crippen molar-refractivity contribution in [1.82, 2.24) is 0 Å². The Balaban J connectivity index is 2.19. The molecule has 0 saturated heterocycles. The minimum Gasteiger partial charge on any atom is -0.463 e. The lowest BCUT2D eigenvalue weighted by molar-refractivity contribution is -0.137. The van der Waals surface area contributed by atoms with Gasteiger partial charge in [0.2, 0.25) is 0 Å². The van der Waals surface area contributed by atoms with Crippen molar-refractivity contribution in [2.75, 3.05) is 6.61 Å². The molecule has 3 aromatic carbocycles. The summed E-state index contributed by atoms with van der Waals surface area (Å²) in [5.74, 6) is 2.41. The Labute approximate surface area is 160 Å². The van der Waals surface area contributed by atoms with E-state index in [1.165, 1.54) is 6.08 Å². The number of hydrogen-bond acceptors (Lipinski definition) is 2. The van der Waals surface area contributed by atoms with Gasteiger partial charge >= 0.3 is 5.97 Å². The van der Waals surface area contributed by atoms with E-state index >= 15 is 0 Å². The van der Waals surface area contributed by atoms with E-state index < -0.39 is 0 Å². The van der Waals surface area contributed by atoms with Crippen molar-refractivity contribution in [3.05, 3.63) is 90.0 Å². The molecule has 3 aromatic rings. The van der Waals surface area contributed by atoms with Gasteiger partial charge in [-0.25, -0.2) is 4.79 Å². The van der Waals surface area contributed by atoms with E-state index in [0.29, 0.717) is 6.61 Å². The summed E-state index contributed by atoms with van der Waals surface area (Å²) in [6.07, 6.45) is 8.99. The fourth-order valence-corrected chi connectivity index (χ4v) is 2.95. The zero-order chi connectivity index (χ0) is 19.1. The van der Waals surface area contributed by atoms with Crippen LogP contribution in [0.3, 0.4) is 0 Å². The summed E-state index contributed by atoms with van der Waals surface area (Å²) < 4.78 is 4.99. The highest BCUT2D eigenvalue weighted by molar-refractivity contribution is 5.90. The molecule has 0 heterocycles. The number of carbonyl (C=O) groups is 1. The number of esters is 1. The van der Waals surface area contributed by atoms with E-state index in [1.807, 2.05) is 54.6 Å². The Bertz CT molecular complexity index is 994. The molecule has 27 heavy (non-hydrogen) atoms. The molecular weight excluding hydrogens is 332 g/mol. The van der Waals surface area contributed by atoms with Crippen LogP contribution < -0.4 is 0 Å². The number of terminal acetylenes is 1. The lowest BCUT2D eigenvalue weighted by Gasteiger charge is -2.13. The van der Waals surface area contributed by atoms with E-state index in [2.05, 4.69) is 24.1 Å². The van der Waals surface area contributed by atoms with E-state index in [9.17, 15) is 4.79 Å². The van der Waals surface area contributed by atoms with Crippen molar-refractivity contribution in [1.29, 1.82) is 0 Å². The second kappa shape index (κ2) is 8.69. The number of ether oxygens (including phenoxy) is 1. The summed E-state index contributed by atoms with van der Waals surface area (Å²) >= 11 is 0. The van der Waals surface area contributed by atoms with Crippen molar-refractivity contribution in [2.24, 2.45) is 0 Å². The van der Waals surface area contributed by atoms with Gasteiger partial charge in [-0.3, -0.25) is 0 Å². The van der Waals surface area contributed by atoms with Gasteiger partial charge in [-0.2, -0.15) is 0 Å². The molecule has 0 saturated carbocycles. The number of rotatable bonds is 5. The van der Waals surface area contributed by atoms with Crippen LogP contribution in [0.1, 0.15) is 18.1 Å². The third-order valence-corrected chi connectivity index (χ3v) is 4.19. The number of benzene rings is 3. The highest BCUT2D eigenvalue weighted by Gasteiger charge is 2.11. The van der Waals surface area contributed by atoms with Crippen LogP contribution in [0.5, 0.6) is 0 Å². The number of carbonyl (C=O) groups excluding carboxylic acids is 1. The lowest BCUT2D eigenvalue weighted by atomic mass is 9.90. The second-order valence-corrected chi connectivity index (χ2v) is 5.95. The first kappa shape index (κ1) is 18.2. The van der Waals surface area contributed by atoms with Gasteiger partial charge in [0, 0.05) is 11.6 Å². The molecule has 0 unspecified atom stereocenters. The zero-order valence-corrected chi connectivity index (χ0v) is 15.2. The fourth-order valence-electron chi connectivity index (χ4n) is 2.95. The molecule has 2 nitrogen and oxygen atoms in total. The molecule has 132 valence electrons. The molecule has 0 aliphatic rings. The Morgan fingerprint density at radius 1 is 0.963 bits per heavy atom. The van der Waals surface area contributed by atoms with Gasteiger partial charge in [0.05, 0.1) is 6.61 Å². The monoisotopic (exact) mass is 352 g/mol. The highest BCUT2D eigenvalue weighted by Crippen LogP contribution is 2.32. The van der Waals surface area contributed by atoms with E-state index in [4.69, 9.17) is 11.2 Å². The molecule has 0 radical (unpaired) electrons. The normalized spacial score (nSPS) is 10.5. The van der Waals surface area contributed by atoms with Gasteiger partial charge in [0.25, 0.3) is 0 Å². The summed E-state index contributed by atoms with van der Waals surface area (Å²) in [7, 11) is 0. The molecule has 0 fully saturated rings. The third-order valence-electron chi connectivity index (χ3n) is 4.19. The largest absolute Gasteiger partial charge is 0.463 e. The molecule has 0 amide bonds. The van der Waals surface area contributed by atoms with Gasteiger partial charge < -0.3 is 4.74 Å².